The molecule has 1 atom stereocenters. The molecule has 1 aromatic carbocycles. The van der Waals surface area contributed by atoms with Gasteiger partial charge in [0, 0.05) is 19.8 Å². The van der Waals surface area contributed by atoms with E-state index in [0.29, 0.717) is 22.6 Å². The summed E-state index contributed by atoms with van der Waals surface area (Å²) >= 11 is 0. The summed E-state index contributed by atoms with van der Waals surface area (Å²) < 4.78 is 10.5. The minimum Gasteiger partial charge on any atom is -0.484 e. The van der Waals surface area contributed by atoms with Crippen LogP contribution in [-0.2, 0) is 14.3 Å². The Kier molecular flexibility index (Phi) is 6.21. The fourth-order valence-electron chi connectivity index (χ4n) is 2.54. The largest absolute Gasteiger partial charge is 0.484 e. The number of hydrogen-bond donors (Lipinski definition) is 2. The molecule has 1 aliphatic heterocycles. The number of nitrogens with zero attached hydrogens (tertiary/aromatic N) is 1. The molecule has 0 fully saturated rings. The van der Waals surface area contributed by atoms with Gasteiger partial charge in [0.1, 0.15) is 5.75 Å². The van der Waals surface area contributed by atoms with Crippen molar-refractivity contribution in [3.8, 4) is 5.75 Å². The lowest BCUT2D eigenvalue weighted by molar-refractivity contribution is -0.139. The molecule has 0 spiro atoms. The highest BCUT2D eigenvalue weighted by Crippen LogP contribution is 2.31. The Morgan fingerprint density at radius 1 is 1.27 bits per heavy atom. The van der Waals surface area contributed by atoms with Crippen molar-refractivity contribution in [2.45, 2.75) is 19.9 Å². The molecule has 1 unspecified atom stereocenters. The highest BCUT2D eigenvalue weighted by atomic mass is 16.5. The van der Waals surface area contributed by atoms with Gasteiger partial charge >= 0.3 is 12.0 Å². The second-order valence-corrected chi connectivity index (χ2v) is 5.69. The van der Waals surface area contributed by atoms with Crippen LogP contribution in [0.15, 0.2) is 35.5 Å². The average molecular weight is 361 g/mol. The van der Waals surface area contributed by atoms with E-state index in [1.165, 1.54) is 11.9 Å². The van der Waals surface area contributed by atoms with Crippen molar-refractivity contribution in [2.24, 2.45) is 0 Å². The first-order valence-corrected chi connectivity index (χ1v) is 8.24. The van der Waals surface area contributed by atoms with Crippen LogP contribution in [0.3, 0.4) is 0 Å². The standard InChI is InChI=1S/C18H23N3O5/c1-5-25-17(23)15-11(2)21(4)18(24)20-16(15)12-6-8-13(9-7-12)26-10-14(22)19-3/h6-9,16H,5,10H2,1-4H3,(H,19,22)(H,20,24). The lowest BCUT2D eigenvalue weighted by Gasteiger charge is -2.33. The molecule has 8 nitrogen and oxygen atoms in total. The fourth-order valence-corrected chi connectivity index (χ4v) is 2.54. The Hall–Kier alpha value is -3.03. The normalized spacial score (nSPS) is 16.8. The van der Waals surface area contributed by atoms with E-state index in [-0.39, 0.29) is 25.2 Å². The summed E-state index contributed by atoms with van der Waals surface area (Å²) in [4.78, 5) is 37.2. The van der Waals surface area contributed by atoms with E-state index in [2.05, 4.69) is 10.6 Å². The summed E-state index contributed by atoms with van der Waals surface area (Å²) in [6.45, 7) is 3.59. The summed E-state index contributed by atoms with van der Waals surface area (Å²) in [6, 6.07) is 5.91. The Balaban J connectivity index is 2.28. The Bertz CT molecular complexity index is 727. The molecule has 2 rings (SSSR count). The van der Waals surface area contributed by atoms with E-state index in [4.69, 9.17) is 9.47 Å². The number of allylic oxidation sites excluding steroid dienone is 1. The molecule has 3 amide bonds. The Labute approximate surface area is 152 Å². The zero-order chi connectivity index (χ0) is 19.3. The maximum absolute atomic E-state index is 12.4. The molecule has 140 valence electrons. The molecule has 0 saturated carbocycles. The van der Waals surface area contributed by atoms with Gasteiger partial charge in [0.25, 0.3) is 5.91 Å². The van der Waals surface area contributed by atoms with Crippen molar-refractivity contribution in [3.05, 3.63) is 41.1 Å². The Morgan fingerprint density at radius 2 is 1.92 bits per heavy atom. The van der Waals surface area contributed by atoms with Gasteiger partial charge in [-0.2, -0.15) is 0 Å². The van der Waals surface area contributed by atoms with E-state index >= 15 is 0 Å². The molecule has 1 aliphatic rings. The van der Waals surface area contributed by atoms with Crippen LogP contribution < -0.4 is 15.4 Å². The smallest absolute Gasteiger partial charge is 0.338 e. The van der Waals surface area contributed by atoms with Gasteiger partial charge in [-0.1, -0.05) is 12.1 Å². The lowest BCUT2D eigenvalue weighted by Crippen LogP contribution is -2.46. The second-order valence-electron chi connectivity index (χ2n) is 5.69. The van der Waals surface area contributed by atoms with Crippen molar-refractivity contribution in [1.82, 2.24) is 15.5 Å². The molecule has 2 N–H and O–H groups in total. The number of benzene rings is 1. The van der Waals surface area contributed by atoms with E-state index in [1.54, 1.807) is 45.2 Å². The van der Waals surface area contributed by atoms with Gasteiger partial charge in [-0.25, -0.2) is 9.59 Å². The van der Waals surface area contributed by atoms with Crippen LogP contribution in [0.5, 0.6) is 5.75 Å². The molecule has 1 aromatic rings. The predicted octanol–water partition coefficient (Wildman–Crippen LogP) is 1.34. The third-order valence-electron chi connectivity index (χ3n) is 4.11. The molecule has 26 heavy (non-hydrogen) atoms. The summed E-state index contributed by atoms with van der Waals surface area (Å²) in [5.41, 5.74) is 1.63. The number of nitrogens with one attached hydrogen (secondary N) is 2. The molecular formula is C18H23N3O5. The number of rotatable bonds is 6. The van der Waals surface area contributed by atoms with E-state index in [0.717, 1.165) is 0 Å². The van der Waals surface area contributed by atoms with Crippen LogP contribution in [0, 0.1) is 0 Å². The average Bonchev–Trinajstić information content (AvgIpc) is 2.64. The van der Waals surface area contributed by atoms with Crippen LogP contribution >= 0.6 is 0 Å². The molecular weight excluding hydrogens is 338 g/mol. The number of hydrogen-bond acceptors (Lipinski definition) is 5. The van der Waals surface area contributed by atoms with Crippen LogP contribution in [0.25, 0.3) is 0 Å². The van der Waals surface area contributed by atoms with Gasteiger partial charge in [-0.3, -0.25) is 4.79 Å². The van der Waals surface area contributed by atoms with E-state index in [9.17, 15) is 14.4 Å². The van der Waals surface area contributed by atoms with Crippen LogP contribution in [0.1, 0.15) is 25.5 Å². The maximum Gasteiger partial charge on any atom is 0.338 e. The van der Waals surface area contributed by atoms with Crippen LogP contribution in [0.4, 0.5) is 4.79 Å². The SMILES string of the molecule is CCOC(=O)C1=C(C)N(C)C(=O)NC1c1ccc(OCC(=O)NC)cc1. The molecule has 8 heteroatoms. The van der Waals surface area contributed by atoms with Crippen molar-refractivity contribution >= 4 is 17.9 Å². The summed E-state index contributed by atoms with van der Waals surface area (Å²) in [6.07, 6.45) is 0. The number of ether oxygens (including phenoxy) is 2. The summed E-state index contributed by atoms with van der Waals surface area (Å²) in [5, 5.41) is 5.27. The van der Waals surface area contributed by atoms with Gasteiger partial charge in [-0.05, 0) is 31.5 Å². The first kappa shape index (κ1) is 19.3. The highest BCUT2D eigenvalue weighted by Gasteiger charge is 2.34. The molecule has 0 aromatic heterocycles. The fraction of sp³-hybridized carbons (Fsp3) is 0.389. The minimum absolute atomic E-state index is 0.0894. The number of carbonyl (C=O) groups excluding carboxylic acids is 3. The van der Waals surface area contributed by atoms with Crippen molar-refractivity contribution < 1.29 is 23.9 Å². The lowest BCUT2D eigenvalue weighted by atomic mass is 9.95. The summed E-state index contributed by atoms with van der Waals surface area (Å²) in [7, 11) is 3.12. The van der Waals surface area contributed by atoms with Gasteiger partial charge in [0.05, 0.1) is 18.2 Å². The van der Waals surface area contributed by atoms with Crippen LogP contribution in [-0.4, -0.2) is 50.1 Å². The third-order valence-corrected chi connectivity index (χ3v) is 4.11. The number of esters is 1. The number of urea groups is 1. The molecule has 0 bridgehead atoms. The van der Waals surface area contributed by atoms with Crippen molar-refractivity contribution in [1.29, 1.82) is 0 Å². The molecule has 1 heterocycles. The molecule has 0 saturated heterocycles. The number of likely N-dealkylation sites (N-methyl/N-ethyl adjacent to an activating group) is 1. The highest BCUT2D eigenvalue weighted by molar-refractivity contribution is 5.95. The minimum atomic E-state index is -0.620. The van der Waals surface area contributed by atoms with Crippen molar-refractivity contribution in [2.75, 3.05) is 27.3 Å². The Morgan fingerprint density at radius 3 is 2.50 bits per heavy atom. The first-order chi connectivity index (χ1) is 12.4. The third kappa shape index (κ3) is 4.14. The topological polar surface area (TPSA) is 97.0 Å². The van der Waals surface area contributed by atoms with E-state index in [1.807, 2.05) is 0 Å². The molecule has 0 radical (unpaired) electrons. The monoisotopic (exact) mass is 361 g/mol. The zero-order valence-corrected chi connectivity index (χ0v) is 15.3. The number of amides is 3. The van der Waals surface area contributed by atoms with Crippen LogP contribution in [0.2, 0.25) is 0 Å². The van der Waals surface area contributed by atoms with E-state index < -0.39 is 12.0 Å². The first-order valence-electron chi connectivity index (χ1n) is 8.24. The number of carbonyl (C=O) groups is 3. The zero-order valence-electron chi connectivity index (χ0n) is 15.3. The summed E-state index contributed by atoms with van der Waals surface area (Å²) in [5.74, 6) is -0.198. The van der Waals surface area contributed by atoms with Gasteiger partial charge < -0.3 is 25.0 Å². The quantitative estimate of drug-likeness (QED) is 0.746. The second kappa shape index (κ2) is 8.37. The predicted molar refractivity (Wildman–Crippen MR) is 94.4 cm³/mol. The van der Waals surface area contributed by atoms with Gasteiger partial charge in [0.2, 0.25) is 0 Å². The van der Waals surface area contributed by atoms with Gasteiger partial charge in [0.15, 0.2) is 6.61 Å². The van der Waals surface area contributed by atoms with Gasteiger partial charge in [-0.15, -0.1) is 0 Å². The maximum atomic E-state index is 12.4. The van der Waals surface area contributed by atoms with Crippen molar-refractivity contribution in [3.63, 3.8) is 0 Å². The molecule has 0 aliphatic carbocycles.